The van der Waals surface area contributed by atoms with Crippen LogP contribution >= 0.6 is 0 Å². The van der Waals surface area contributed by atoms with E-state index < -0.39 is 46.6 Å². The van der Waals surface area contributed by atoms with E-state index in [1.165, 1.54) is 31.4 Å². The van der Waals surface area contributed by atoms with Crippen LogP contribution in [0.1, 0.15) is 79.4 Å². The van der Waals surface area contributed by atoms with E-state index in [1.807, 2.05) is 66.7 Å². The fraction of sp³-hybridized carbons (Fsp3) is 0.474. The number of methoxy groups -OCH3 is 2. The van der Waals surface area contributed by atoms with Crippen LogP contribution in [0.2, 0.25) is 0 Å². The highest BCUT2D eigenvalue weighted by atomic mass is 16.7. The summed E-state index contributed by atoms with van der Waals surface area (Å²) in [4.78, 5) is 36.4. The molecular weight excluding hydrogens is 669 g/mol. The second-order valence-electron chi connectivity index (χ2n) is 14.5. The maximum Gasteiger partial charge on any atom is 0.494 e. The first kappa shape index (κ1) is 40.0. The Bertz CT molecular complexity index is 1750. The molecule has 4 rings (SSSR count). The molecule has 1 fully saturated rings. The first-order valence-electron chi connectivity index (χ1n) is 17.3. The van der Waals surface area contributed by atoms with Crippen LogP contribution in [0.25, 0.3) is 0 Å². The van der Waals surface area contributed by atoms with Crippen molar-refractivity contribution in [3.63, 3.8) is 0 Å². The molecule has 0 radical (unpaired) electrons. The predicted octanol–water partition coefficient (Wildman–Crippen LogP) is 7.83. The average Bonchev–Trinajstić information content (AvgIpc) is 3.31. The van der Waals surface area contributed by atoms with Gasteiger partial charge >= 0.3 is 19.3 Å². The normalized spacial score (nSPS) is 16.9. The molecule has 1 heterocycles. The van der Waals surface area contributed by atoms with Crippen LogP contribution in [-0.4, -0.2) is 60.9 Å². The molecule has 14 heteroatoms. The number of benzene rings is 3. The molecule has 2 amide bonds. The van der Waals surface area contributed by atoms with Crippen LogP contribution in [0.15, 0.2) is 60.7 Å². The molecule has 1 aliphatic rings. The number of ether oxygens (including phenoxy) is 4. The molecule has 0 spiro atoms. The van der Waals surface area contributed by atoms with E-state index in [4.69, 9.17) is 28.3 Å². The number of carbonyl (C=O) groups excluding carboxylic acids is 2. The van der Waals surface area contributed by atoms with Gasteiger partial charge in [-0.2, -0.15) is 0 Å². The minimum absolute atomic E-state index is 0.0864. The fourth-order valence-corrected chi connectivity index (χ4v) is 5.67. The number of nitro groups is 1. The van der Waals surface area contributed by atoms with Crippen molar-refractivity contribution in [2.24, 2.45) is 0 Å². The van der Waals surface area contributed by atoms with Crippen LogP contribution in [-0.2, 0) is 31.6 Å². The Morgan fingerprint density at radius 1 is 0.750 bits per heavy atom. The summed E-state index contributed by atoms with van der Waals surface area (Å²) in [7, 11) is 2.59. The zero-order chi connectivity index (χ0) is 38.5. The van der Waals surface area contributed by atoms with Gasteiger partial charge in [0, 0.05) is 42.4 Å². The number of rotatable bonds is 14. The highest BCUT2D eigenvalue weighted by Gasteiger charge is 2.51. The summed E-state index contributed by atoms with van der Waals surface area (Å²) in [5.41, 5.74) is 0.475. The Morgan fingerprint density at radius 2 is 1.19 bits per heavy atom. The van der Waals surface area contributed by atoms with Gasteiger partial charge in [-0.1, -0.05) is 32.0 Å². The monoisotopic (exact) mass is 719 g/mol. The molecule has 3 aromatic rings. The summed E-state index contributed by atoms with van der Waals surface area (Å²) < 4.78 is 35.6. The molecule has 52 heavy (non-hydrogen) atoms. The zero-order valence-corrected chi connectivity index (χ0v) is 31.7. The molecule has 3 aromatic carbocycles. The van der Waals surface area contributed by atoms with E-state index in [0.29, 0.717) is 48.6 Å². The molecule has 1 unspecified atom stereocenters. The minimum atomic E-state index is -0.918. The predicted molar refractivity (Wildman–Crippen MR) is 200 cm³/mol. The van der Waals surface area contributed by atoms with Crippen molar-refractivity contribution >= 4 is 41.8 Å². The Morgan fingerprint density at radius 3 is 1.65 bits per heavy atom. The molecule has 0 saturated carbocycles. The number of carbonyl (C=O) groups is 2. The number of hydrogen-bond acceptors (Lipinski definition) is 10. The number of nitrogens with one attached hydrogen (secondary N) is 2. The average molecular weight is 720 g/mol. The summed E-state index contributed by atoms with van der Waals surface area (Å²) in [6, 6.07) is 16.5. The number of amides is 2. The van der Waals surface area contributed by atoms with Gasteiger partial charge in [-0.15, -0.1) is 0 Å². The number of nitrogens with zero attached hydrogens (tertiary/aromatic N) is 1. The molecule has 1 saturated heterocycles. The van der Waals surface area contributed by atoms with E-state index in [2.05, 4.69) is 10.6 Å². The van der Waals surface area contributed by atoms with E-state index in [1.54, 1.807) is 32.2 Å². The largest absolute Gasteiger partial charge is 0.496 e. The van der Waals surface area contributed by atoms with Crippen molar-refractivity contribution in [2.45, 2.75) is 103 Å². The van der Waals surface area contributed by atoms with Crippen LogP contribution in [0.3, 0.4) is 0 Å². The van der Waals surface area contributed by atoms with Gasteiger partial charge in [-0.25, -0.2) is 9.59 Å². The lowest BCUT2D eigenvalue weighted by Crippen LogP contribution is -2.41. The van der Waals surface area contributed by atoms with Gasteiger partial charge in [0.25, 0.3) is 5.69 Å². The van der Waals surface area contributed by atoms with Crippen LogP contribution in [0.4, 0.5) is 26.7 Å². The third-order valence-corrected chi connectivity index (χ3v) is 10.00. The van der Waals surface area contributed by atoms with Crippen LogP contribution in [0.5, 0.6) is 11.5 Å². The third kappa shape index (κ3) is 9.54. The molecular formula is C38H50BN3O10. The topological polar surface area (TPSA) is 157 Å². The summed E-state index contributed by atoms with van der Waals surface area (Å²) in [5.74, 6) is 1.13. The molecule has 13 nitrogen and oxygen atoms in total. The lowest BCUT2D eigenvalue weighted by Gasteiger charge is -2.32. The summed E-state index contributed by atoms with van der Waals surface area (Å²) in [6.45, 7) is 15.6. The van der Waals surface area contributed by atoms with Gasteiger partial charge in [-0.3, -0.25) is 20.7 Å². The van der Waals surface area contributed by atoms with Crippen molar-refractivity contribution in [1.82, 2.24) is 0 Å². The van der Waals surface area contributed by atoms with Crippen LogP contribution in [0, 0.1) is 10.1 Å². The van der Waals surface area contributed by atoms with E-state index in [9.17, 15) is 19.7 Å². The third-order valence-electron chi connectivity index (χ3n) is 10.00. The standard InChI is InChI=1S/C38H50BN3O10/c1-11-37(7,23-25-13-15-27(21-31(25)47-9)39-51-35(3,4)36(5,6)52-39)50-34(44)41-29-16-14-26(32(22-29)48-10)24-38(8,12-2)49-33(43)40-28-17-19-30(20-18-28)42(45)46/h13-22H,11-12,23-24H2,1-10H3,(H,40,43)(H,41,44)/t37?,38-/m0/s1. The molecule has 0 aromatic heterocycles. The highest BCUT2D eigenvalue weighted by Crippen LogP contribution is 2.37. The number of hydrogen-bond donors (Lipinski definition) is 2. The maximum absolute atomic E-state index is 13.2. The van der Waals surface area contributed by atoms with Gasteiger partial charge in [0.15, 0.2) is 0 Å². The van der Waals surface area contributed by atoms with Gasteiger partial charge in [-0.05, 0) is 95.2 Å². The summed E-state index contributed by atoms with van der Waals surface area (Å²) >= 11 is 0. The van der Waals surface area contributed by atoms with Crippen molar-refractivity contribution < 1.29 is 42.8 Å². The molecule has 1 aliphatic heterocycles. The first-order valence-corrected chi connectivity index (χ1v) is 17.3. The lowest BCUT2D eigenvalue weighted by atomic mass is 9.78. The number of non-ortho nitro benzene ring substituents is 1. The first-order chi connectivity index (χ1) is 24.3. The van der Waals surface area contributed by atoms with E-state index in [0.717, 1.165) is 16.6 Å². The van der Waals surface area contributed by atoms with Crippen molar-refractivity contribution in [3.8, 4) is 11.5 Å². The van der Waals surface area contributed by atoms with Crippen molar-refractivity contribution in [3.05, 3.63) is 81.9 Å². The van der Waals surface area contributed by atoms with Gasteiger partial charge < -0.3 is 28.3 Å². The van der Waals surface area contributed by atoms with E-state index in [-0.39, 0.29) is 5.69 Å². The van der Waals surface area contributed by atoms with Crippen LogP contribution < -0.4 is 25.6 Å². The molecule has 280 valence electrons. The van der Waals surface area contributed by atoms with Gasteiger partial charge in [0.1, 0.15) is 22.7 Å². The SMILES string of the molecule is CCC(C)(Cc1ccc(B2OC(C)(C)C(C)(C)O2)cc1OC)OC(=O)Nc1ccc(C[C@](C)(CC)OC(=O)Nc2ccc([N+](=O)[O-])cc2)c(OC)c1. The molecule has 0 aliphatic carbocycles. The van der Waals surface area contributed by atoms with E-state index >= 15 is 0 Å². The minimum Gasteiger partial charge on any atom is -0.496 e. The van der Waals surface area contributed by atoms with Gasteiger partial charge in [0.2, 0.25) is 0 Å². The fourth-order valence-electron chi connectivity index (χ4n) is 5.67. The number of anilines is 2. The second kappa shape index (κ2) is 15.8. The van der Waals surface area contributed by atoms with Crippen molar-refractivity contribution in [1.29, 1.82) is 0 Å². The molecule has 0 bridgehead atoms. The van der Waals surface area contributed by atoms with Gasteiger partial charge in [0.05, 0.1) is 30.3 Å². The Kier molecular flexibility index (Phi) is 12.2. The smallest absolute Gasteiger partial charge is 0.494 e. The summed E-state index contributed by atoms with van der Waals surface area (Å²) in [5, 5.41) is 16.4. The van der Waals surface area contributed by atoms with Crippen molar-refractivity contribution in [2.75, 3.05) is 24.9 Å². The Hall–Kier alpha value is -4.82. The number of nitro benzene ring substituents is 1. The Labute approximate surface area is 305 Å². The zero-order valence-electron chi connectivity index (χ0n) is 31.7. The second-order valence-corrected chi connectivity index (χ2v) is 14.5. The quantitative estimate of drug-likeness (QED) is 0.0956. The molecule has 2 N–H and O–H groups in total. The summed E-state index contributed by atoms with van der Waals surface area (Å²) in [6.07, 6.45) is 0.413. The highest BCUT2D eigenvalue weighted by molar-refractivity contribution is 6.62. The molecule has 2 atom stereocenters. The maximum atomic E-state index is 13.2. The Balaban J connectivity index is 1.40. The lowest BCUT2D eigenvalue weighted by molar-refractivity contribution is -0.384.